The Labute approximate surface area is 207 Å². The van der Waals surface area contributed by atoms with Crippen molar-refractivity contribution in [2.75, 3.05) is 0 Å². The second-order valence-corrected chi connectivity index (χ2v) is 11.8. The molecule has 0 saturated carbocycles. The number of aromatic amines is 1. The topological polar surface area (TPSA) is 28.9 Å². The van der Waals surface area contributed by atoms with Crippen molar-refractivity contribution < 1.29 is 4.42 Å². The number of rotatable bonds is 3. The second-order valence-electron chi connectivity index (χ2n) is 11.4. The van der Waals surface area contributed by atoms with Gasteiger partial charge in [-0.15, -0.1) is 0 Å². The minimum atomic E-state index is -0.0493. The lowest BCUT2D eigenvalue weighted by Gasteiger charge is -2.25. The SMILES string of the molecule is CC(C)(C)c1cc(C(C)(C)C)c2oc(C(c3ccc(Cl)cc3)c3c[nH]c4ccccc34)cc2c1. The van der Waals surface area contributed by atoms with E-state index in [1.54, 1.807) is 0 Å². The highest BCUT2D eigenvalue weighted by Crippen LogP contribution is 2.42. The van der Waals surface area contributed by atoms with E-state index in [4.69, 9.17) is 16.0 Å². The number of H-pyrrole nitrogens is 1. The molecule has 0 radical (unpaired) electrons. The third-order valence-electron chi connectivity index (χ3n) is 6.73. The van der Waals surface area contributed by atoms with Gasteiger partial charge in [-0.1, -0.05) is 89.5 Å². The number of para-hydroxylation sites is 1. The highest BCUT2D eigenvalue weighted by atomic mass is 35.5. The number of hydrogen-bond donors (Lipinski definition) is 1. The van der Waals surface area contributed by atoms with Crippen molar-refractivity contribution in [3.63, 3.8) is 0 Å². The van der Waals surface area contributed by atoms with E-state index in [0.29, 0.717) is 0 Å². The van der Waals surface area contributed by atoms with Crippen LogP contribution in [-0.4, -0.2) is 4.98 Å². The molecule has 5 rings (SSSR count). The van der Waals surface area contributed by atoms with Crippen LogP contribution >= 0.6 is 11.6 Å². The summed E-state index contributed by atoms with van der Waals surface area (Å²) in [7, 11) is 0. The van der Waals surface area contributed by atoms with Crippen LogP contribution in [0.2, 0.25) is 5.02 Å². The Bertz CT molecular complexity index is 1470. The zero-order chi connectivity index (χ0) is 24.3. The van der Waals surface area contributed by atoms with Crippen LogP contribution in [0.1, 0.15) is 75.5 Å². The molecular formula is C31H32ClNO. The Kier molecular flexibility index (Phi) is 5.41. The average Bonchev–Trinajstić information content (AvgIpc) is 3.38. The summed E-state index contributed by atoms with van der Waals surface area (Å²) >= 11 is 6.25. The maximum absolute atomic E-state index is 6.77. The predicted octanol–water partition coefficient (Wildman–Crippen LogP) is 9.34. The molecule has 174 valence electrons. The maximum atomic E-state index is 6.77. The molecule has 5 aromatic rings. The fourth-order valence-corrected chi connectivity index (χ4v) is 4.92. The fourth-order valence-electron chi connectivity index (χ4n) is 4.79. The number of furan rings is 1. The van der Waals surface area contributed by atoms with Crippen LogP contribution in [0.3, 0.4) is 0 Å². The van der Waals surface area contributed by atoms with E-state index in [2.05, 4.69) is 107 Å². The van der Waals surface area contributed by atoms with Crippen LogP contribution in [0.15, 0.2) is 77.3 Å². The normalized spacial score (nSPS) is 13.6. The van der Waals surface area contributed by atoms with Crippen molar-refractivity contribution in [2.45, 2.75) is 58.3 Å². The first-order valence-corrected chi connectivity index (χ1v) is 12.3. The van der Waals surface area contributed by atoms with Gasteiger partial charge in [-0.25, -0.2) is 0 Å². The van der Waals surface area contributed by atoms with Crippen molar-refractivity contribution in [1.29, 1.82) is 0 Å². The Morgan fingerprint density at radius 2 is 1.53 bits per heavy atom. The molecule has 0 amide bonds. The molecular weight excluding hydrogens is 438 g/mol. The van der Waals surface area contributed by atoms with Gasteiger partial charge in [-0.05, 0) is 57.9 Å². The standard InChI is InChI=1S/C31H32ClNO/c1-30(2,3)21-15-20-16-27(34-29(20)25(17-21)31(4,5)6)28(19-11-13-22(32)14-12-19)24-18-33-26-10-8-7-9-23(24)26/h7-18,28,33H,1-6H3. The summed E-state index contributed by atoms with van der Waals surface area (Å²) in [5, 5.41) is 3.09. The van der Waals surface area contributed by atoms with Gasteiger partial charge in [0.25, 0.3) is 0 Å². The van der Waals surface area contributed by atoms with Crippen molar-refractivity contribution in [1.82, 2.24) is 4.98 Å². The maximum Gasteiger partial charge on any atom is 0.138 e. The lowest BCUT2D eigenvalue weighted by atomic mass is 9.79. The molecule has 1 unspecified atom stereocenters. The summed E-state index contributed by atoms with van der Waals surface area (Å²) in [6, 6.07) is 23.4. The summed E-state index contributed by atoms with van der Waals surface area (Å²) in [6.07, 6.45) is 2.11. The Morgan fingerprint density at radius 3 is 2.21 bits per heavy atom. The van der Waals surface area contributed by atoms with Gasteiger partial charge in [-0.3, -0.25) is 0 Å². The van der Waals surface area contributed by atoms with Crippen molar-refractivity contribution in [3.05, 3.63) is 106 Å². The van der Waals surface area contributed by atoms with E-state index in [-0.39, 0.29) is 16.7 Å². The smallest absolute Gasteiger partial charge is 0.138 e. The summed E-state index contributed by atoms with van der Waals surface area (Å²) in [6.45, 7) is 13.6. The molecule has 34 heavy (non-hydrogen) atoms. The van der Waals surface area contributed by atoms with Crippen LogP contribution in [0.4, 0.5) is 0 Å². The van der Waals surface area contributed by atoms with E-state index in [9.17, 15) is 0 Å². The van der Waals surface area contributed by atoms with Gasteiger partial charge in [-0.2, -0.15) is 0 Å². The fraction of sp³-hybridized carbons (Fsp3) is 0.290. The van der Waals surface area contributed by atoms with E-state index in [1.807, 2.05) is 12.1 Å². The van der Waals surface area contributed by atoms with Crippen molar-refractivity contribution in [2.24, 2.45) is 0 Å². The second kappa shape index (κ2) is 8.06. The molecule has 2 nitrogen and oxygen atoms in total. The number of fused-ring (bicyclic) bond motifs is 2. The third kappa shape index (κ3) is 4.05. The third-order valence-corrected chi connectivity index (χ3v) is 6.98. The Hall–Kier alpha value is -2.97. The number of hydrogen-bond acceptors (Lipinski definition) is 1. The van der Waals surface area contributed by atoms with E-state index < -0.39 is 0 Å². The van der Waals surface area contributed by atoms with Crippen LogP contribution < -0.4 is 0 Å². The molecule has 3 aromatic carbocycles. The average molecular weight is 470 g/mol. The molecule has 0 saturated heterocycles. The number of aromatic nitrogens is 1. The van der Waals surface area contributed by atoms with Gasteiger partial charge < -0.3 is 9.40 Å². The summed E-state index contributed by atoms with van der Waals surface area (Å²) in [5.41, 5.74) is 7.05. The van der Waals surface area contributed by atoms with Crippen molar-refractivity contribution in [3.8, 4) is 0 Å². The van der Waals surface area contributed by atoms with Gasteiger partial charge in [0.15, 0.2) is 0 Å². The van der Waals surface area contributed by atoms with Gasteiger partial charge >= 0.3 is 0 Å². The van der Waals surface area contributed by atoms with E-state index in [1.165, 1.54) is 22.1 Å². The van der Waals surface area contributed by atoms with E-state index >= 15 is 0 Å². The summed E-state index contributed by atoms with van der Waals surface area (Å²) in [5.74, 6) is 0.894. The van der Waals surface area contributed by atoms with Crippen LogP contribution in [0.5, 0.6) is 0 Å². The highest BCUT2D eigenvalue weighted by molar-refractivity contribution is 6.30. The first-order chi connectivity index (χ1) is 16.0. The van der Waals surface area contributed by atoms with Gasteiger partial charge in [0, 0.05) is 33.1 Å². The number of halogens is 1. The van der Waals surface area contributed by atoms with Gasteiger partial charge in [0.05, 0.1) is 5.92 Å². The zero-order valence-electron chi connectivity index (χ0n) is 20.8. The molecule has 2 heterocycles. The molecule has 0 spiro atoms. The minimum absolute atomic E-state index is 0.0365. The molecule has 2 aromatic heterocycles. The monoisotopic (exact) mass is 469 g/mol. The Morgan fingerprint density at radius 1 is 0.824 bits per heavy atom. The lowest BCUT2D eigenvalue weighted by molar-refractivity contribution is 0.518. The summed E-state index contributed by atoms with van der Waals surface area (Å²) in [4.78, 5) is 3.45. The molecule has 1 N–H and O–H groups in total. The zero-order valence-corrected chi connectivity index (χ0v) is 21.5. The molecule has 3 heteroatoms. The minimum Gasteiger partial charge on any atom is -0.460 e. The predicted molar refractivity (Wildman–Crippen MR) is 144 cm³/mol. The molecule has 0 bridgehead atoms. The van der Waals surface area contributed by atoms with Crippen LogP contribution in [0, 0.1) is 0 Å². The first kappa shape index (κ1) is 22.8. The van der Waals surface area contributed by atoms with Gasteiger partial charge in [0.1, 0.15) is 11.3 Å². The Balaban J connectivity index is 1.79. The molecule has 0 aliphatic heterocycles. The molecule has 1 atom stereocenters. The molecule has 0 aliphatic carbocycles. The first-order valence-electron chi connectivity index (χ1n) is 11.9. The largest absolute Gasteiger partial charge is 0.460 e. The molecule has 0 aliphatic rings. The highest BCUT2D eigenvalue weighted by Gasteiger charge is 2.28. The number of benzene rings is 3. The quantitative estimate of drug-likeness (QED) is 0.280. The van der Waals surface area contributed by atoms with Gasteiger partial charge in [0.2, 0.25) is 0 Å². The van der Waals surface area contributed by atoms with Crippen molar-refractivity contribution >= 4 is 33.5 Å². The molecule has 0 fully saturated rings. The number of nitrogens with one attached hydrogen (secondary N) is 1. The van der Waals surface area contributed by atoms with Crippen LogP contribution in [0.25, 0.3) is 21.9 Å². The van der Waals surface area contributed by atoms with Crippen LogP contribution in [-0.2, 0) is 10.8 Å². The summed E-state index contributed by atoms with van der Waals surface area (Å²) < 4.78 is 6.77. The van der Waals surface area contributed by atoms with E-state index in [0.717, 1.165) is 32.8 Å². The lowest BCUT2D eigenvalue weighted by Crippen LogP contribution is -2.16.